The predicted molar refractivity (Wildman–Crippen MR) is 52.4 cm³/mol. The second kappa shape index (κ2) is 1.95. The summed E-state index contributed by atoms with van der Waals surface area (Å²) in [6.45, 7) is 0. The molecule has 1 nitrogen and oxygen atoms in total. The van der Waals surface area contributed by atoms with Gasteiger partial charge in [-0.05, 0) is 36.0 Å². The maximum atomic E-state index is 11.9. The Hall–Kier alpha value is -0.110. The van der Waals surface area contributed by atoms with Crippen molar-refractivity contribution in [1.82, 2.24) is 0 Å². The van der Waals surface area contributed by atoms with Gasteiger partial charge in [-0.15, -0.1) is 0 Å². The fraction of sp³-hybridized carbons (Fsp3) is 0.727. The maximum Gasteiger partial charge on any atom is 0.150 e. The van der Waals surface area contributed by atoms with Crippen LogP contribution in [0.25, 0.3) is 0 Å². The van der Waals surface area contributed by atoms with E-state index in [1.807, 2.05) is 0 Å². The molecule has 0 aliphatic heterocycles. The van der Waals surface area contributed by atoms with Crippen LogP contribution < -0.4 is 0 Å². The number of halogens is 1. The zero-order chi connectivity index (χ0) is 8.74. The minimum atomic E-state index is 0.187. The van der Waals surface area contributed by atoms with Crippen molar-refractivity contribution < 1.29 is 4.79 Å². The Bertz CT molecular complexity index is 335. The third kappa shape index (κ3) is 0.577. The van der Waals surface area contributed by atoms with Crippen LogP contribution in [-0.4, -0.2) is 10.6 Å². The summed E-state index contributed by atoms with van der Waals surface area (Å²) in [5.41, 5.74) is 0. The number of carbonyl (C=O) groups is 1. The SMILES string of the molecule is O=C1[C@H]2[C@H]3C=C[C@@H]4[C@@H]3C[C@@H]2[C@@H]4[C@H]1Br. The second-order valence-corrected chi connectivity index (χ2v) is 6.00. The highest BCUT2D eigenvalue weighted by Crippen LogP contribution is 2.68. The number of Topliss-reactive ketones (excluding diaryl/α,β-unsaturated/α-hetero) is 1. The van der Waals surface area contributed by atoms with Crippen molar-refractivity contribution in [3.05, 3.63) is 12.2 Å². The molecule has 0 N–H and O–H groups in total. The quantitative estimate of drug-likeness (QED) is 0.467. The molecule has 0 amide bonds. The number of carbonyl (C=O) groups excluding carboxylic acids is 1. The monoisotopic (exact) mass is 238 g/mol. The van der Waals surface area contributed by atoms with Gasteiger partial charge in [-0.2, -0.15) is 0 Å². The van der Waals surface area contributed by atoms with Crippen molar-refractivity contribution in [2.24, 2.45) is 35.5 Å². The van der Waals surface area contributed by atoms with Gasteiger partial charge in [0.2, 0.25) is 0 Å². The molecule has 0 saturated heterocycles. The highest BCUT2D eigenvalue weighted by molar-refractivity contribution is 9.10. The smallest absolute Gasteiger partial charge is 0.150 e. The molecule has 0 aromatic rings. The van der Waals surface area contributed by atoms with E-state index in [0.29, 0.717) is 23.5 Å². The fourth-order valence-corrected chi connectivity index (χ4v) is 5.58. The Kier molecular flexibility index (Phi) is 1.08. The number of hydrogen-bond acceptors (Lipinski definition) is 1. The minimum Gasteiger partial charge on any atom is -0.298 e. The lowest BCUT2D eigenvalue weighted by Crippen LogP contribution is -2.24. The number of ketones is 1. The standard InChI is InChI=1S/C11H11BrO/c12-10-8-4-1-2-5-6(4)3-7(8)9(5)11(10)13/h1-2,4-10H,3H2/t4-,5+,6+,7-,8-,9+,10-/m1/s1. The van der Waals surface area contributed by atoms with Gasteiger partial charge in [0.25, 0.3) is 0 Å². The van der Waals surface area contributed by atoms with Gasteiger partial charge in [-0.25, -0.2) is 0 Å². The predicted octanol–water partition coefficient (Wildman–Crippen LogP) is 2.02. The molecule has 4 aliphatic rings. The van der Waals surface area contributed by atoms with E-state index >= 15 is 0 Å². The first-order valence-corrected chi connectivity index (χ1v) is 6.07. The lowest BCUT2D eigenvalue weighted by Gasteiger charge is -2.25. The zero-order valence-electron chi connectivity index (χ0n) is 7.19. The minimum absolute atomic E-state index is 0.187. The van der Waals surface area contributed by atoms with Crippen LogP contribution in [0.1, 0.15) is 6.42 Å². The summed E-state index contributed by atoms with van der Waals surface area (Å²) in [5.74, 6) is 4.49. The van der Waals surface area contributed by atoms with Crippen LogP contribution in [0.3, 0.4) is 0 Å². The van der Waals surface area contributed by atoms with Gasteiger partial charge < -0.3 is 0 Å². The molecule has 0 unspecified atom stereocenters. The molecule has 0 aromatic heterocycles. The van der Waals surface area contributed by atoms with E-state index in [-0.39, 0.29) is 4.83 Å². The summed E-state index contributed by atoms with van der Waals surface area (Å²) in [7, 11) is 0. The third-order valence-electron chi connectivity index (χ3n) is 4.84. The molecule has 0 spiro atoms. The van der Waals surface area contributed by atoms with E-state index in [2.05, 4.69) is 28.1 Å². The van der Waals surface area contributed by atoms with E-state index in [1.165, 1.54) is 6.42 Å². The van der Waals surface area contributed by atoms with Crippen molar-refractivity contribution in [2.75, 3.05) is 0 Å². The lowest BCUT2D eigenvalue weighted by atomic mass is 9.79. The van der Waals surface area contributed by atoms with Crippen LogP contribution in [0.4, 0.5) is 0 Å². The molecule has 68 valence electrons. The van der Waals surface area contributed by atoms with Gasteiger partial charge >= 0.3 is 0 Å². The Balaban J connectivity index is 1.96. The van der Waals surface area contributed by atoms with Gasteiger partial charge in [-0.1, -0.05) is 28.1 Å². The van der Waals surface area contributed by atoms with E-state index in [9.17, 15) is 4.79 Å². The fourth-order valence-electron chi connectivity index (χ4n) is 4.53. The molecule has 7 atom stereocenters. The van der Waals surface area contributed by atoms with Gasteiger partial charge in [-0.3, -0.25) is 4.79 Å². The lowest BCUT2D eigenvalue weighted by molar-refractivity contribution is -0.121. The van der Waals surface area contributed by atoms with Gasteiger partial charge in [0, 0.05) is 5.92 Å². The Morgan fingerprint density at radius 2 is 2.00 bits per heavy atom. The first kappa shape index (κ1) is 7.22. The average molecular weight is 239 g/mol. The normalized spacial score (nSPS) is 65.6. The Morgan fingerprint density at radius 1 is 1.23 bits per heavy atom. The molecular weight excluding hydrogens is 228 g/mol. The number of allylic oxidation sites excluding steroid dienone is 2. The number of hydrogen-bond donors (Lipinski definition) is 0. The summed E-state index contributed by atoms with van der Waals surface area (Å²) in [5, 5.41) is 0. The molecule has 0 aromatic carbocycles. The topological polar surface area (TPSA) is 17.1 Å². The van der Waals surface area contributed by atoms with Crippen LogP contribution in [0.2, 0.25) is 0 Å². The van der Waals surface area contributed by atoms with Crippen LogP contribution in [0.15, 0.2) is 12.2 Å². The molecule has 0 heterocycles. The van der Waals surface area contributed by atoms with Crippen molar-refractivity contribution in [3.63, 3.8) is 0 Å². The highest BCUT2D eigenvalue weighted by atomic mass is 79.9. The van der Waals surface area contributed by atoms with E-state index in [1.54, 1.807) is 0 Å². The zero-order valence-corrected chi connectivity index (χ0v) is 8.78. The maximum absolute atomic E-state index is 11.9. The van der Waals surface area contributed by atoms with Crippen LogP contribution in [0, 0.1) is 35.5 Å². The van der Waals surface area contributed by atoms with Crippen molar-refractivity contribution in [2.45, 2.75) is 11.2 Å². The molecule has 4 rings (SSSR count). The van der Waals surface area contributed by atoms with Gasteiger partial charge in [0.1, 0.15) is 0 Å². The molecule has 4 aliphatic carbocycles. The largest absolute Gasteiger partial charge is 0.298 e. The van der Waals surface area contributed by atoms with Crippen molar-refractivity contribution >= 4 is 21.7 Å². The van der Waals surface area contributed by atoms with Crippen LogP contribution >= 0.6 is 15.9 Å². The molecule has 3 fully saturated rings. The molecular formula is C11H11BrO. The molecule has 0 radical (unpaired) electrons. The third-order valence-corrected chi connectivity index (χ3v) is 5.90. The number of rotatable bonds is 0. The number of fused-ring (bicyclic) bond motifs is 2. The second-order valence-electron chi connectivity index (χ2n) is 5.01. The molecule has 13 heavy (non-hydrogen) atoms. The Labute approximate surface area is 85.7 Å². The van der Waals surface area contributed by atoms with E-state index in [4.69, 9.17) is 0 Å². The molecule has 3 saturated carbocycles. The summed E-state index contributed by atoms with van der Waals surface area (Å²) >= 11 is 3.60. The van der Waals surface area contributed by atoms with Crippen LogP contribution in [-0.2, 0) is 4.79 Å². The molecule has 2 heteroatoms. The molecule has 2 bridgehead atoms. The number of alkyl halides is 1. The van der Waals surface area contributed by atoms with E-state index in [0.717, 1.165) is 17.8 Å². The summed E-state index contributed by atoms with van der Waals surface area (Å²) in [6, 6.07) is 0. The van der Waals surface area contributed by atoms with Crippen LogP contribution in [0.5, 0.6) is 0 Å². The van der Waals surface area contributed by atoms with E-state index < -0.39 is 0 Å². The summed E-state index contributed by atoms with van der Waals surface area (Å²) < 4.78 is 0. The first-order chi connectivity index (χ1) is 6.29. The van der Waals surface area contributed by atoms with Crippen molar-refractivity contribution in [3.8, 4) is 0 Å². The first-order valence-electron chi connectivity index (χ1n) is 5.15. The summed E-state index contributed by atoms with van der Waals surface area (Å²) in [6.07, 6.45) is 6.04. The van der Waals surface area contributed by atoms with Gasteiger partial charge in [0.15, 0.2) is 5.78 Å². The van der Waals surface area contributed by atoms with Crippen molar-refractivity contribution in [1.29, 1.82) is 0 Å². The Morgan fingerprint density at radius 3 is 2.85 bits per heavy atom. The summed E-state index contributed by atoms with van der Waals surface area (Å²) in [4.78, 5) is 12.1. The van der Waals surface area contributed by atoms with Gasteiger partial charge in [0.05, 0.1) is 4.83 Å². The highest BCUT2D eigenvalue weighted by Gasteiger charge is 2.67. The average Bonchev–Trinajstić information content (AvgIpc) is 2.70.